The normalized spacial score (nSPS) is 11.1. The second-order valence-corrected chi connectivity index (χ2v) is 5.99. The fourth-order valence-corrected chi connectivity index (χ4v) is 2.46. The van der Waals surface area contributed by atoms with Crippen LogP contribution in [0.5, 0.6) is 0 Å². The molecule has 0 spiro atoms. The van der Waals surface area contributed by atoms with Crippen molar-refractivity contribution in [3.8, 4) is 11.4 Å². The summed E-state index contributed by atoms with van der Waals surface area (Å²) < 4.78 is 0.543. The highest BCUT2D eigenvalue weighted by molar-refractivity contribution is 9.10. The lowest BCUT2D eigenvalue weighted by molar-refractivity contribution is 0.859. The molecule has 20 heavy (non-hydrogen) atoms. The zero-order valence-corrected chi connectivity index (χ0v) is 13.6. The van der Waals surface area contributed by atoms with Gasteiger partial charge in [-0.1, -0.05) is 51.5 Å². The van der Waals surface area contributed by atoms with Gasteiger partial charge in [0, 0.05) is 5.56 Å². The maximum atomic E-state index is 11.9. The molecule has 1 aromatic carbocycles. The van der Waals surface area contributed by atoms with Crippen LogP contribution in [-0.4, -0.2) is 9.97 Å². The fraction of sp³-hybridized carbons (Fsp3) is 0.375. The third kappa shape index (κ3) is 3.18. The predicted molar refractivity (Wildman–Crippen MR) is 86.1 cm³/mol. The van der Waals surface area contributed by atoms with Gasteiger partial charge in [-0.3, -0.25) is 4.79 Å². The molecule has 0 aliphatic rings. The first-order chi connectivity index (χ1) is 9.52. The Kier molecular flexibility index (Phi) is 4.76. The second kappa shape index (κ2) is 6.35. The third-order valence-electron chi connectivity index (χ3n) is 3.27. The zero-order chi connectivity index (χ0) is 14.7. The summed E-state index contributed by atoms with van der Waals surface area (Å²) in [4.78, 5) is 19.3. The third-order valence-corrected chi connectivity index (χ3v) is 4.09. The molecule has 3 nitrogen and oxygen atoms in total. The number of halogens is 1. The Morgan fingerprint density at radius 1 is 1.25 bits per heavy atom. The molecule has 0 bridgehead atoms. The van der Waals surface area contributed by atoms with Gasteiger partial charge in [0.2, 0.25) is 0 Å². The van der Waals surface area contributed by atoms with Crippen LogP contribution in [-0.2, 0) is 6.42 Å². The monoisotopic (exact) mass is 334 g/mol. The average molecular weight is 335 g/mol. The van der Waals surface area contributed by atoms with Gasteiger partial charge >= 0.3 is 0 Å². The number of H-pyrrole nitrogens is 1. The molecule has 0 fully saturated rings. The zero-order valence-electron chi connectivity index (χ0n) is 12.0. The van der Waals surface area contributed by atoms with Gasteiger partial charge in [-0.15, -0.1) is 0 Å². The van der Waals surface area contributed by atoms with Crippen LogP contribution < -0.4 is 5.56 Å². The summed E-state index contributed by atoms with van der Waals surface area (Å²) in [6.07, 6.45) is 1.75. The van der Waals surface area contributed by atoms with Gasteiger partial charge in [-0.25, -0.2) is 4.98 Å². The van der Waals surface area contributed by atoms with Crippen molar-refractivity contribution in [2.24, 2.45) is 0 Å². The summed E-state index contributed by atoms with van der Waals surface area (Å²) in [5.74, 6) is 1.13. The Morgan fingerprint density at radius 3 is 2.45 bits per heavy atom. The van der Waals surface area contributed by atoms with Gasteiger partial charge < -0.3 is 4.98 Å². The predicted octanol–water partition coefficient (Wildman–Crippen LogP) is 4.28. The van der Waals surface area contributed by atoms with Gasteiger partial charge in [0.05, 0.1) is 5.69 Å². The molecule has 1 aromatic heterocycles. The molecule has 0 radical (unpaired) electrons. The molecular formula is C16H19BrN2O. The molecule has 0 amide bonds. The SMILES string of the molecule is CCCc1nc(-c2ccc(C(C)C)cc2)[nH]c(=O)c1Br. The van der Waals surface area contributed by atoms with Crippen molar-refractivity contribution < 1.29 is 0 Å². The Labute approximate surface area is 127 Å². The molecular weight excluding hydrogens is 316 g/mol. The number of aromatic nitrogens is 2. The first kappa shape index (κ1) is 15.0. The Bertz CT molecular complexity index is 645. The second-order valence-electron chi connectivity index (χ2n) is 5.20. The summed E-state index contributed by atoms with van der Waals surface area (Å²) in [6, 6.07) is 8.19. The molecule has 1 heterocycles. The Hall–Kier alpha value is -1.42. The summed E-state index contributed by atoms with van der Waals surface area (Å²) in [6.45, 7) is 6.40. The minimum Gasteiger partial charge on any atom is -0.306 e. The smallest absolute Gasteiger partial charge is 0.265 e. The van der Waals surface area contributed by atoms with E-state index in [1.165, 1.54) is 5.56 Å². The van der Waals surface area contributed by atoms with E-state index in [0.29, 0.717) is 16.2 Å². The minimum absolute atomic E-state index is 0.119. The van der Waals surface area contributed by atoms with Gasteiger partial charge in [-0.2, -0.15) is 0 Å². The molecule has 2 aromatic rings. The summed E-state index contributed by atoms with van der Waals surface area (Å²) in [5.41, 5.74) is 2.92. The molecule has 0 aliphatic heterocycles. The van der Waals surface area contributed by atoms with Crippen molar-refractivity contribution in [1.29, 1.82) is 0 Å². The lowest BCUT2D eigenvalue weighted by Crippen LogP contribution is -2.13. The van der Waals surface area contributed by atoms with E-state index in [4.69, 9.17) is 0 Å². The molecule has 1 N–H and O–H groups in total. The lowest BCUT2D eigenvalue weighted by atomic mass is 10.0. The van der Waals surface area contributed by atoms with E-state index in [1.807, 2.05) is 12.1 Å². The van der Waals surface area contributed by atoms with E-state index >= 15 is 0 Å². The highest BCUT2D eigenvalue weighted by Gasteiger charge is 2.10. The maximum Gasteiger partial charge on any atom is 0.265 e. The van der Waals surface area contributed by atoms with Crippen LogP contribution in [0.2, 0.25) is 0 Å². The number of nitrogens with zero attached hydrogens (tertiary/aromatic N) is 1. The molecule has 0 atom stereocenters. The van der Waals surface area contributed by atoms with Crippen molar-refractivity contribution in [3.63, 3.8) is 0 Å². The molecule has 0 saturated heterocycles. The van der Waals surface area contributed by atoms with Crippen molar-refractivity contribution >= 4 is 15.9 Å². The Morgan fingerprint density at radius 2 is 1.90 bits per heavy atom. The van der Waals surface area contributed by atoms with Crippen LogP contribution in [0, 0.1) is 0 Å². The van der Waals surface area contributed by atoms with Crippen LogP contribution in [0.3, 0.4) is 0 Å². The first-order valence-electron chi connectivity index (χ1n) is 6.92. The van der Waals surface area contributed by atoms with E-state index in [2.05, 4.69) is 58.8 Å². The van der Waals surface area contributed by atoms with Crippen molar-refractivity contribution in [3.05, 3.63) is 50.3 Å². The first-order valence-corrected chi connectivity index (χ1v) is 7.71. The summed E-state index contributed by atoms with van der Waals surface area (Å²) in [5, 5.41) is 0. The van der Waals surface area contributed by atoms with Crippen molar-refractivity contribution in [1.82, 2.24) is 9.97 Å². The number of aromatic amines is 1. The van der Waals surface area contributed by atoms with E-state index in [9.17, 15) is 4.79 Å². The Balaban J connectivity index is 2.44. The standard InChI is InChI=1S/C16H19BrN2O/c1-4-5-13-14(17)16(20)19-15(18-13)12-8-6-11(7-9-12)10(2)3/h6-10H,4-5H2,1-3H3,(H,18,19,20). The summed E-state index contributed by atoms with van der Waals surface area (Å²) >= 11 is 3.31. The van der Waals surface area contributed by atoms with E-state index in [1.54, 1.807) is 0 Å². The van der Waals surface area contributed by atoms with Crippen LogP contribution in [0.25, 0.3) is 11.4 Å². The van der Waals surface area contributed by atoms with Crippen LogP contribution >= 0.6 is 15.9 Å². The van der Waals surface area contributed by atoms with E-state index < -0.39 is 0 Å². The number of benzene rings is 1. The minimum atomic E-state index is -0.119. The van der Waals surface area contributed by atoms with Gasteiger partial charge in [-0.05, 0) is 33.8 Å². The van der Waals surface area contributed by atoms with Crippen LogP contribution in [0.4, 0.5) is 0 Å². The largest absolute Gasteiger partial charge is 0.306 e. The van der Waals surface area contributed by atoms with Crippen molar-refractivity contribution in [2.75, 3.05) is 0 Å². The highest BCUT2D eigenvalue weighted by Crippen LogP contribution is 2.21. The van der Waals surface area contributed by atoms with E-state index in [-0.39, 0.29) is 5.56 Å². The molecule has 106 valence electrons. The quantitative estimate of drug-likeness (QED) is 0.907. The average Bonchev–Trinajstić information content (AvgIpc) is 2.44. The molecule has 4 heteroatoms. The summed E-state index contributed by atoms with van der Waals surface area (Å²) in [7, 11) is 0. The van der Waals surface area contributed by atoms with Crippen molar-refractivity contribution in [2.45, 2.75) is 39.5 Å². The molecule has 0 unspecified atom stereocenters. The van der Waals surface area contributed by atoms with Gasteiger partial charge in [0.1, 0.15) is 10.3 Å². The van der Waals surface area contributed by atoms with E-state index in [0.717, 1.165) is 24.1 Å². The number of rotatable bonds is 4. The van der Waals surface area contributed by atoms with Gasteiger partial charge in [0.25, 0.3) is 5.56 Å². The number of nitrogens with one attached hydrogen (secondary N) is 1. The van der Waals surface area contributed by atoms with Crippen LogP contribution in [0.15, 0.2) is 33.5 Å². The lowest BCUT2D eigenvalue weighted by Gasteiger charge is -2.08. The fourth-order valence-electron chi connectivity index (χ4n) is 2.07. The molecule has 2 rings (SSSR count). The number of aryl methyl sites for hydroxylation is 1. The number of hydrogen-bond donors (Lipinski definition) is 1. The van der Waals surface area contributed by atoms with Gasteiger partial charge in [0.15, 0.2) is 0 Å². The molecule has 0 aliphatic carbocycles. The molecule has 0 saturated carbocycles. The topological polar surface area (TPSA) is 45.8 Å². The highest BCUT2D eigenvalue weighted by atomic mass is 79.9. The number of hydrogen-bond acceptors (Lipinski definition) is 2. The van der Waals surface area contributed by atoms with Crippen LogP contribution in [0.1, 0.15) is 44.4 Å². The maximum absolute atomic E-state index is 11.9.